The van der Waals surface area contributed by atoms with E-state index in [0.29, 0.717) is 11.6 Å². The first-order valence-corrected chi connectivity index (χ1v) is 10.5. The van der Waals surface area contributed by atoms with Gasteiger partial charge in [-0.05, 0) is 63.1 Å². The second kappa shape index (κ2) is 8.30. The molecule has 2 aromatic heterocycles. The Morgan fingerprint density at radius 2 is 1.90 bits per heavy atom. The minimum Gasteiger partial charge on any atom is -0.465 e. The number of carbonyl (C=O) groups is 1. The molecule has 0 spiro atoms. The molecule has 0 unspecified atom stereocenters. The third-order valence-corrected chi connectivity index (χ3v) is 5.82. The molecule has 0 aliphatic carbocycles. The summed E-state index contributed by atoms with van der Waals surface area (Å²) >= 11 is 0. The third-order valence-electron chi connectivity index (χ3n) is 5.82. The van der Waals surface area contributed by atoms with Crippen LogP contribution in [0.2, 0.25) is 0 Å². The monoisotopic (exact) mass is 404 g/mol. The molecule has 6 heteroatoms. The van der Waals surface area contributed by atoms with Gasteiger partial charge in [0, 0.05) is 43.3 Å². The predicted octanol–water partition coefficient (Wildman–Crippen LogP) is 4.53. The average Bonchev–Trinajstić information content (AvgIpc) is 3.31. The number of ether oxygens (including phenoxy) is 1. The molecule has 0 atom stereocenters. The normalized spacial score (nSPS) is 13.8. The van der Waals surface area contributed by atoms with Crippen molar-refractivity contribution in [2.75, 3.05) is 37.0 Å². The topological polar surface area (TPSA) is 58.6 Å². The van der Waals surface area contributed by atoms with Crippen LogP contribution >= 0.6 is 0 Å². The second-order valence-corrected chi connectivity index (χ2v) is 8.06. The summed E-state index contributed by atoms with van der Waals surface area (Å²) in [4.78, 5) is 26.1. The molecule has 3 heterocycles. The lowest BCUT2D eigenvalue weighted by Gasteiger charge is -2.26. The van der Waals surface area contributed by atoms with Crippen LogP contribution in [0.15, 0.2) is 42.6 Å². The summed E-state index contributed by atoms with van der Waals surface area (Å²) in [5.74, 6) is 0.681. The van der Waals surface area contributed by atoms with Crippen molar-refractivity contribution in [3.63, 3.8) is 0 Å². The summed E-state index contributed by atoms with van der Waals surface area (Å²) in [5, 5.41) is 0.908. The van der Waals surface area contributed by atoms with E-state index in [1.807, 2.05) is 18.3 Å². The Hall–Kier alpha value is -3.15. The molecule has 30 heavy (non-hydrogen) atoms. The maximum absolute atomic E-state index is 11.9. The molecule has 0 N–H and O–H groups in total. The van der Waals surface area contributed by atoms with E-state index < -0.39 is 0 Å². The molecular formula is C24H28N4O2. The van der Waals surface area contributed by atoms with Gasteiger partial charge in [-0.2, -0.15) is 0 Å². The number of esters is 1. The number of aromatic nitrogens is 2. The highest BCUT2D eigenvalue weighted by Gasteiger charge is 2.18. The molecule has 1 saturated heterocycles. The van der Waals surface area contributed by atoms with Gasteiger partial charge < -0.3 is 14.5 Å². The summed E-state index contributed by atoms with van der Waals surface area (Å²) in [6.07, 6.45) is 4.38. The maximum Gasteiger partial charge on any atom is 0.337 e. The van der Waals surface area contributed by atoms with Crippen molar-refractivity contribution in [1.29, 1.82) is 0 Å². The molecule has 1 aromatic carbocycles. The maximum atomic E-state index is 11.9. The summed E-state index contributed by atoms with van der Waals surface area (Å²) < 4.78 is 4.87. The molecule has 4 rings (SSSR count). The fourth-order valence-corrected chi connectivity index (χ4v) is 3.83. The first-order valence-electron chi connectivity index (χ1n) is 10.5. The van der Waals surface area contributed by atoms with Gasteiger partial charge in [-0.25, -0.2) is 14.8 Å². The zero-order valence-corrected chi connectivity index (χ0v) is 18.1. The quantitative estimate of drug-likeness (QED) is 0.583. The second-order valence-electron chi connectivity index (χ2n) is 8.06. The number of nitrogens with zero attached hydrogens (tertiary/aromatic N) is 4. The largest absolute Gasteiger partial charge is 0.465 e. The van der Waals surface area contributed by atoms with E-state index in [1.165, 1.54) is 20.0 Å². The first kappa shape index (κ1) is 20.1. The summed E-state index contributed by atoms with van der Waals surface area (Å²) in [5.41, 5.74) is 4.25. The summed E-state index contributed by atoms with van der Waals surface area (Å²) in [7, 11) is 3.46. The number of pyridine rings is 2. The molecule has 0 radical (unpaired) electrons. The van der Waals surface area contributed by atoms with Crippen LogP contribution in [-0.2, 0) is 4.74 Å². The fraction of sp³-hybridized carbons (Fsp3) is 0.375. The predicted molar refractivity (Wildman–Crippen MR) is 121 cm³/mol. The lowest BCUT2D eigenvalue weighted by Crippen LogP contribution is -2.26. The number of anilines is 2. The number of hydrogen-bond acceptors (Lipinski definition) is 6. The van der Waals surface area contributed by atoms with E-state index in [2.05, 4.69) is 48.9 Å². The number of benzene rings is 1. The minimum atomic E-state index is -0.346. The molecule has 0 bridgehead atoms. The highest BCUT2D eigenvalue weighted by molar-refractivity contribution is 5.96. The Morgan fingerprint density at radius 3 is 2.53 bits per heavy atom. The number of hydrogen-bond donors (Lipinski definition) is 0. The van der Waals surface area contributed by atoms with Crippen LogP contribution < -0.4 is 9.80 Å². The van der Waals surface area contributed by atoms with Gasteiger partial charge in [-0.1, -0.05) is 0 Å². The molecule has 0 amide bonds. The number of methoxy groups -OCH3 is 1. The molecule has 3 aromatic rings. The van der Waals surface area contributed by atoms with Gasteiger partial charge in [0.1, 0.15) is 5.82 Å². The van der Waals surface area contributed by atoms with Gasteiger partial charge in [-0.3, -0.25) is 0 Å². The highest BCUT2D eigenvalue weighted by Crippen LogP contribution is 2.33. The zero-order valence-electron chi connectivity index (χ0n) is 18.1. The molecule has 0 saturated carbocycles. The first-order chi connectivity index (χ1) is 14.5. The van der Waals surface area contributed by atoms with Gasteiger partial charge >= 0.3 is 5.97 Å². The molecule has 1 fully saturated rings. The van der Waals surface area contributed by atoms with Gasteiger partial charge in [0.25, 0.3) is 0 Å². The van der Waals surface area contributed by atoms with Crippen molar-refractivity contribution >= 4 is 28.4 Å². The van der Waals surface area contributed by atoms with Crippen molar-refractivity contribution in [1.82, 2.24) is 9.97 Å². The van der Waals surface area contributed by atoms with E-state index in [-0.39, 0.29) is 5.97 Å². The van der Waals surface area contributed by atoms with Crippen LogP contribution in [0.25, 0.3) is 22.2 Å². The van der Waals surface area contributed by atoms with Crippen molar-refractivity contribution in [2.45, 2.75) is 32.7 Å². The zero-order chi connectivity index (χ0) is 21.3. The van der Waals surface area contributed by atoms with Crippen LogP contribution in [0, 0.1) is 0 Å². The highest BCUT2D eigenvalue weighted by atomic mass is 16.5. The Balaban J connectivity index is 1.80. The van der Waals surface area contributed by atoms with Crippen LogP contribution in [0.4, 0.5) is 11.5 Å². The van der Waals surface area contributed by atoms with Crippen molar-refractivity contribution in [2.24, 2.45) is 0 Å². The van der Waals surface area contributed by atoms with Crippen molar-refractivity contribution in [3.8, 4) is 11.3 Å². The van der Waals surface area contributed by atoms with Crippen LogP contribution in [0.3, 0.4) is 0 Å². The number of rotatable bonds is 5. The SMILES string of the molecule is COC(=O)c1ccc2nc(-c3ccc(N4CCCC4)nc3)c(N(C)C(C)C)cc2c1. The molecule has 1 aliphatic heterocycles. The Bertz CT molecular complexity index is 1060. The standard InChI is InChI=1S/C24H28N4O2/c1-16(2)27(3)21-14-19-13-17(24(29)30-4)7-9-20(19)26-23(21)18-8-10-22(25-15-18)28-11-5-6-12-28/h7-10,13-16H,5-6,11-12H2,1-4H3. The van der Waals surface area contributed by atoms with Gasteiger partial charge in [-0.15, -0.1) is 0 Å². The van der Waals surface area contributed by atoms with Crippen LogP contribution in [0.1, 0.15) is 37.0 Å². The minimum absolute atomic E-state index is 0.295. The molecule has 1 aliphatic rings. The fourth-order valence-electron chi connectivity index (χ4n) is 3.83. The Kier molecular flexibility index (Phi) is 5.57. The average molecular weight is 405 g/mol. The van der Waals surface area contributed by atoms with Crippen LogP contribution in [-0.4, -0.2) is 49.2 Å². The molecule has 156 valence electrons. The van der Waals surface area contributed by atoms with Crippen LogP contribution in [0.5, 0.6) is 0 Å². The van der Waals surface area contributed by atoms with E-state index in [1.54, 1.807) is 6.07 Å². The summed E-state index contributed by atoms with van der Waals surface area (Å²) in [6.45, 7) is 6.44. The lowest BCUT2D eigenvalue weighted by atomic mass is 10.1. The summed E-state index contributed by atoms with van der Waals surface area (Å²) in [6, 6.07) is 12.1. The number of fused-ring (bicyclic) bond motifs is 1. The van der Waals surface area contributed by atoms with Gasteiger partial charge in [0.05, 0.1) is 29.6 Å². The van der Waals surface area contributed by atoms with E-state index in [9.17, 15) is 4.79 Å². The number of carbonyl (C=O) groups excluding carboxylic acids is 1. The van der Waals surface area contributed by atoms with Gasteiger partial charge in [0.2, 0.25) is 0 Å². The van der Waals surface area contributed by atoms with Gasteiger partial charge in [0.15, 0.2) is 0 Å². The smallest absolute Gasteiger partial charge is 0.337 e. The molecular weight excluding hydrogens is 376 g/mol. The Morgan fingerprint density at radius 1 is 1.13 bits per heavy atom. The van der Waals surface area contributed by atoms with E-state index >= 15 is 0 Å². The third kappa shape index (κ3) is 3.82. The Labute approximate surface area is 177 Å². The van der Waals surface area contributed by atoms with Crippen molar-refractivity contribution < 1.29 is 9.53 Å². The van der Waals surface area contributed by atoms with E-state index in [0.717, 1.165) is 46.8 Å². The van der Waals surface area contributed by atoms with E-state index in [4.69, 9.17) is 14.7 Å². The van der Waals surface area contributed by atoms with Crippen molar-refractivity contribution in [3.05, 3.63) is 48.2 Å². The molecule has 6 nitrogen and oxygen atoms in total. The lowest BCUT2D eigenvalue weighted by molar-refractivity contribution is 0.0601.